The van der Waals surface area contributed by atoms with E-state index in [9.17, 15) is 5.11 Å². The number of ether oxygens (including phenoxy) is 2. The smallest absolute Gasteiger partial charge is 0.119 e. The molecule has 244 valence electrons. The minimum absolute atomic E-state index is 0.00404. The molecule has 2 saturated heterocycles. The van der Waals surface area contributed by atoms with Gasteiger partial charge in [0.25, 0.3) is 0 Å². The third-order valence-electron chi connectivity index (χ3n) is 10.1. The van der Waals surface area contributed by atoms with Gasteiger partial charge in [0.1, 0.15) is 5.75 Å². The number of allylic oxidation sites excluding steroid dienone is 1. The van der Waals surface area contributed by atoms with E-state index in [0.29, 0.717) is 13.2 Å². The van der Waals surface area contributed by atoms with Crippen LogP contribution in [0.1, 0.15) is 91.5 Å². The van der Waals surface area contributed by atoms with Gasteiger partial charge < -0.3 is 19.9 Å². The first kappa shape index (κ1) is 34.6. The number of nitrogens with one attached hydrogen (secondary N) is 1. The number of nitrogens with zero attached hydrogens (tertiary/aromatic N) is 1. The summed E-state index contributed by atoms with van der Waals surface area (Å²) in [5, 5.41) is 17.8. The third kappa shape index (κ3) is 9.17. The standard InChI is InChI=1S/C38H58N2O4/c1-6-13-31-20-21-32(43-5)26-35(31)37(33-17-9-14-28(2)29(33)3)38-34(18-11-23-40(38)44-25-12-24-42-4)36(41)19-8-7-15-30-16-10-22-39-27-30/h6,9,14,17,20-21,26,30,34,36-39,41H,1,7-8,10-13,15-16,18-19,22-25,27H2,2-5H3/t30-,34?,36?,37+,38-/m1/s1. The van der Waals surface area contributed by atoms with Crippen molar-refractivity contribution in [2.75, 3.05) is 47.1 Å². The van der Waals surface area contributed by atoms with E-state index in [0.717, 1.165) is 69.8 Å². The fourth-order valence-corrected chi connectivity index (χ4v) is 7.53. The molecule has 0 amide bonds. The van der Waals surface area contributed by atoms with Gasteiger partial charge in [-0.05, 0) is 124 Å². The maximum atomic E-state index is 12.0. The number of piperidine rings is 2. The van der Waals surface area contributed by atoms with Crippen molar-refractivity contribution in [2.24, 2.45) is 11.8 Å². The van der Waals surface area contributed by atoms with Gasteiger partial charge in [-0.1, -0.05) is 43.2 Å². The molecule has 0 spiro atoms. The predicted octanol–water partition coefficient (Wildman–Crippen LogP) is 7.14. The highest BCUT2D eigenvalue weighted by molar-refractivity contribution is 5.48. The van der Waals surface area contributed by atoms with E-state index in [-0.39, 0.29) is 17.9 Å². The molecule has 0 radical (unpaired) electrons. The second kappa shape index (κ2) is 18.1. The number of hydrogen-bond acceptors (Lipinski definition) is 6. The van der Waals surface area contributed by atoms with Crippen molar-refractivity contribution in [1.29, 1.82) is 0 Å². The predicted molar refractivity (Wildman–Crippen MR) is 180 cm³/mol. The summed E-state index contributed by atoms with van der Waals surface area (Å²) in [6.45, 7) is 12.9. The summed E-state index contributed by atoms with van der Waals surface area (Å²) in [7, 11) is 3.47. The summed E-state index contributed by atoms with van der Waals surface area (Å²) >= 11 is 0. The van der Waals surface area contributed by atoms with Crippen LogP contribution in [-0.2, 0) is 16.0 Å². The average molecular weight is 607 g/mol. The quantitative estimate of drug-likeness (QED) is 0.147. The normalized spacial score (nSPS) is 22.4. The van der Waals surface area contributed by atoms with Crippen molar-refractivity contribution < 1.29 is 19.4 Å². The van der Waals surface area contributed by atoms with E-state index in [2.05, 4.69) is 67.2 Å². The zero-order valence-corrected chi connectivity index (χ0v) is 27.9. The van der Waals surface area contributed by atoms with Crippen LogP contribution >= 0.6 is 0 Å². The Morgan fingerprint density at radius 3 is 2.66 bits per heavy atom. The molecule has 6 heteroatoms. The molecule has 2 N–H and O–H groups in total. The summed E-state index contributed by atoms with van der Waals surface area (Å²) < 4.78 is 11.1. The number of hydroxylamine groups is 2. The number of methoxy groups -OCH3 is 2. The first-order valence-corrected chi connectivity index (χ1v) is 17.1. The monoisotopic (exact) mass is 606 g/mol. The molecule has 0 aromatic heterocycles. The Bertz CT molecular complexity index is 1150. The molecule has 2 heterocycles. The third-order valence-corrected chi connectivity index (χ3v) is 10.1. The van der Waals surface area contributed by atoms with Crippen molar-refractivity contribution in [3.8, 4) is 5.75 Å². The summed E-state index contributed by atoms with van der Waals surface area (Å²) in [5.41, 5.74) is 6.34. The average Bonchev–Trinajstić information content (AvgIpc) is 3.05. The Labute approximate surface area is 267 Å². The molecule has 2 unspecified atom stereocenters. The molecule has 0 saturated carbocycles. The van der Waals surface area contributed by atoms with Gasteiger partial charge >= 0.3 is 0 Å². The van der Waals surface area contributed by atoms with Crippen LogP contribution in [0.5, 0.6) is 5.75 Å². The van der Waals surface area contributed by atoms with Crippen molar-refractivity contribution in [2.45, 2.75) is 96.1 Å². The highest BCUT2D eigenvalue weighted by atomic mass is 16.7. The Kier molecular flexibility index (Phi) is 14.2. The van der Waals surface area contributed by atoms with Gasteiger partial charge in [-0.2, -0.15) is 5.06 Å². The molecule has 2 aromatic carbocycles. The number of aryl methyl sites for hydroxylation is 1. The molecule has 2 aliphatic heterocycles. The highest BCUT2D eigenvalue weighted by Crippen LogP contribution is 2.44. The highest BCUT2D eigenvalue weighted by Gasteiger charge is 2.43. The van der Waals surface area contributed by atoms with Crippen LogP contribution < -0.4 is 10.1 Å². The molecule has 2 aliphatic rings. The molecular formula is C38H58N2O4. The van der Waals surface area contributed by atoms with Crippen LogP contribution in [0.4, 0.5) is 0 Å². The fraction of sp³-hybridized carbons (Fsp3) is 0.632. The van der Waals surface area contributed by atoms with E-state index < -0.39 is 6.10 Å². The number of hydrogen-bond donors (Lipinski definition) is 2. The number of aliphatic hydroxyl groups excluding tert-OH is 1. The lowest BCUT2D eigenvalue weighted by molar-refractivity contribution is -0.224. The van der Waals surface area contributed by atoms with Crippen LogP contribution in [0, 0.1) is 25.7 Å². The zero-order valence-electron chi connectivity index (χ0n) is 27.9. The van der Waals surface area contributed by atoms with Gasteiger partial charge in [0.05, 0.1) is 25.9 Å². The molecular weight excluding hydrogens is 548 g/mol. The summed E-state index contributed by atoms with van der Waals surface area (Å²) in [4.78, 5) is 6.62. The Morgan fingerprint density at radius 2 is 1.91 bits per heavy atom. The maximum absolute atomic E-state index is 12.0. The van der Waals surface area contributed by atoms with Gasteiger partial charge in [0, 0.05) is 32.1 Å². The van der Waals surface area contributed by atoms with E-state index in [1.165, 1.54) is 53.5 Å². The molecule has 2 fully saturated rings. The minimum Gasteiger partial charge on any atom is -0.497 e. The summed E-state index contributed by atoms with van der Waals surface area (Å²) in [5.74, 6) is 1.70. The number of aliphatic hydroxyl groups is 1. The molecule has 44 heavy (non-hydrogen) atoms. The SMILES string of the molecule is C=CCc1ccc(OC)cc1[C@H](c1cccc(C)c1C)[C@H]1C(C(O)CCCC[C@@H]2CCCNC2)CCCN1OCCCOC. The topological polar surface area (TPSA) is 63.2 Å². The van der Waals surface area contributed by atoms with Crippen molar-refractivity contribution >= 4 is 0 Å². The number of rotatable bonds is 17. The van der Waals surface area contributed by atoms with Crippen molar-refractivity contribution in [3.05, 3.63) is 76.9 Å². The van der Waals surface area contributed by atoms with E-state index in [1.807, 2.05) is 6.08 Å². The van der Waals surface area contributed by atoms with Gasteiger partial charge in [-0.15, -0.1) is 6.58 Å². The lowest BCUT2D eigenvalue weighted by atomic mass is 9.70. The largest absolute Gasteiger partial charge is 0.497 e. The first-order valence-electron chi connectivity index (χ1n) is 17.1. The summed E-state index contributed by atoms with van der Waals surface area (Å²) in [6.07, 6.45) is 12.1. The van der Waals surface area contributed by atoms with Gasteiger partial charge in [0.2, 0.25) is 0 Å². The second-order valence-electron chi connectivity index (χ2n) is 13.0. The van der Waals surface area contributed by atoms with Crippen LogP contribution in [0.15, 0.2) is 49.1 Å². The van der Waals surface area contributed by atoms with Crippen LogP contribution in [-0.4, -0.2) is 69.4 Å². The minimum atomic E-state index is -0.393. The Balaban J connectivity index is 1.71. The maximum Gasteiger partial charge on any atom is 0.119 e. The molecule has 6 nitrogen and oxygen atoms in total. The van der Waals surface area contributed by atoms with Gasteiger partial charge in [-0.25, -0.2) is 0 Å². The van der Waals surface area contributed by atoms with Crippen LogP contribution in [0.2, 0.25) is 0 Å². The molecule has 5 atom stereocenters. The molecule has 2 aromatic rings. The number of unbranched alkanes of at least 4 members (excludes halogenated alkanes) is 1. The first-order chi connectivity index (χ1) is 21.5. The van der Waals surface area contributed by atoms with Crippen LogP contribution in [0.3, 0.4) is 0 Å². The number of benzene rings is 2. The van der Waals surface area contributed by atoms with Crippen LogP contribution in [0.25, 0.3) is 0 Å². The molecule has 0 aliphatic carbocycles. The van der Waals surface area contributed by atoms with E-state index in [1.54, 1.807) is 14.2 Å². The van der Waals surface area contributed by atoms with Gasteiger partial charge in [0.15, 0.2) is 0 Å². The molecule has 0 bridgehead atoms. The van der Waals surface area contributed by atoms with Crippen molar-refractivity contribution in [1.82, 2.24) is 10.4 Å². The van der Waals surface area contributed by atoms with Crippen molar-refractivity contribution in [3.63, 3.8) is 0 Å². The second-order valence-corrected chi connectivity index (χ2v) is 13.0. The lowest BCUT2D eigenvalue weighted by Gasteiger charge is -2.47. The summed E-state index contributed by atoms with van der Waals surface area (Å²) in [6, 6.07) is 13.1. The zero-order chi connectivity index (χ0) is 31.3. The Morgan fingerprint density at radius 1 is 1.05 bits per heavy atom. The Hall–Kier alpha value is -2.22. The molecule has 4 rings (SSSR count). The van der Waals surface area contributed by atoms with E-state index in [4.69, 9.17) is 14.3 Å². The fourth-order valence-electron chi connectivity index (χ4n) is 7.53. The van der Waals surface area contributed by atoms with Gasteiger partial charge in [-0.3, -0.25) is 4.84 Å². The van der Waals surface area contributed by atoms with E-state index >= 15 is 0 Å². The lowest BCUT2D eigenvalue weighted by Crippen LogP contribution is -2.52.